The van der Waals surface area contributed by atoms with Gasteiger partial charge >= 0.3 is 0 Å². The molecular formula is C18H25NO. The molecular weight excluding hydrogens is 246 g/mol. The van der Waals surface area contributed by atoms with E-state index in [1.54, 1.807) is 0 Å². The van der Waals surface area contributed by atoms with E-state index in [0.717, 1.165) is 4.90 Å². The van der Waals surface area contributed by atoms with Crippen LogP contribution in [0.1, 0.15) is 56.9 Å². The average molecular weight is 281 g/mol. The van der Waals surface area contributed by atoms with Crippen molar-refractivity contribution >= 4 is 0 Å². The number of likely N-dealkylation sites (tertiary alicyclic amines) is 1. The Morgan fingerprint density at radius 1 is 1.50 bits per heavy atom. The Hall–Kier alpha value is -1.02. The van der Waals surface area contributed by atoms with Gasteiger partial charge in [-0.3, -0.25) is 0 Å². The summed E-state index contributed by atoms with van der Waals surface area (Å²) in [6.45, 7) is -2.70. The van der Waals surface area contributed by atoms with E-state index in [4.69, 9.17) is 17.1 Å². The lowest BCUT2D eigenvalue weighted by Crippen LogP contribution is -2.59. The van der Waals surface area contributed by atoms with Crippen LogP contribution in [0.25, 0.3) is 0 Å². The maximum Gasteiger partial charge on any atom is 0.119 e. The minimum Gasteiger partial charge on any atom is -0.497 e. The Morgan fingerprint density at radius 2 is 2.40 bits per heavy atom. The molecule has 1 aromatic rings. The molecule has 2 nitrogen and oxygen atoms in total. The number of likely N-dealkylation sites (N-methyl/N-ethyl adjacent to an activating group) is 1. The molecule has 1 saturated heterocycles. The van der Waals surface area contributed by atoms with E-state index in [0.29, 0.717) is 19.3 Å². The predicted octanol–water partition coefficient (Wildman–Crippen LogP) is 3.38. The van der Waals surface area contributed by atoms with E-state index in [1.807, 2.05) is 0 Å². The Labute approximate surface area is 136 Å². The molecule has 1 aliphatic heterocycles. The van der Waals surface area contributed by atoms with Crippen LogP contribution in [0.4, 0.5) is 0 Å². The second-order valence-electron chi connectivity index (χ2n) is 5.73. The molecule has 0 N–H and O–H groups in total. The van der Waals surface area contributed by atoms with Crippen LogP contribution in [-0.4, -0.2) is 31.6 Å². The third-order valence-corrected chi connectivity index (χ3v) is 4.74. The smallest absolute Gasteiger partial charge is 0.119 e. The summed E-state index contributed by atoms with van der Waals surface area (Å²) in [5, 5.41) is 0. The first-order valence-electron chi connectivity index (χ1n) is 12.1. The van der Waals surface area contributed by atoms with Crippen LogP contribution >= 0.6 is 0 Å². The molecule has 0 amide bonds. The maximum atomic E-state index is 9.29. The number of hydrogen-bond acceptors (Lipinski definition) is 2. The first-order valence-corrected chi connectivity index (χ1v) is 7.10. The molecule has 0 spiro atoms. The average Bonchev–Trinajstić information content (AvgIpc) is 2.67. The molecule has 2 heteroatoms. The topological polar surface area (TPSA) is 12.5 Å². The van der Waals surface area contributed by atoms with Crippen LogP contribution in [0.2, 0.25) is 0 Å². The van der Waals surface area contributed by atoms with Crippen LogP contribution in [0.3, 0.4) is 0 Å². The van der Waals surface area contributed by atoms with Crippen molar-refractivity contribution in [2.75, 3.05) is 20.7 Å². The largest absolute Gasteiger partial charge is 0.497 e. The van der Waals surface area contributed by atoms with Crippen molar-refractivity contribution in [2.24, 2.45) is 5.92 Å². The highest BCUT2D eigenvalue weighted by atomic mass is 16.5. The minimum absolute atomic E-state index is 0.0973. The van der Waals surface area contributed by atoms with Crippen molar-refractivity contribution in [1.29, 1.82) is 0 Å². The lowest BCUT2D eigenvalue weighted by molar-refractivity contribution is 0.00274. The summed E-state index contributed by atoms with van der Waals surface area (Å²) in [7, 11) is 2.46. The Bertz CT molecular complexity index is 934. The van der Waals surface area contributed by atoms with Crippen molar-refractivity contribution in [3.05, 3.63) is 29.3 Å². The number of piperidine rings is 1. The number of hydrogen-bond donors (Lipinski definition) is 0. The van der Waals surface area contributed by atoms with Crippen LogP contribution in [0.5, 0.6) is 5.75 Å². The van der Waals surface area contributed by atoms with E-state index in [-0.39, 0.29) is 29.3 Å². The van der Waals surface area contributed by atoms with Gasteiger partial charge in [-0.1, -0.05) is 18.9 Å². The second-order valence-corrected chi connectivity index (χ2v) is 5.73. The van der Waals surface area contributed by atoms with Crippen molar-refractivity contribution in [1.82, 2.24) is 4.90 Å². The standard InChI is InChI=1S/C18H25NO/c1-19-10-9-18-8-4-3-5-15(18)17(19)11-13-6-7-14(20-2)12-16(13)18/h6-7,12,15,17H,3-5,8-11H2,1-2H3/t15?,17-,18-/m0/s1/i6D,7D,9D2,10D2,11D2,12D,17D. The van der Waals surface area contributed by atoms with Gasteiger partial charge in [-0.05, 0) is 68.3 Å². The summed E-state index contributed by atoms with van der Waals surface area (Å²) in [6.07, 6.45) is -3.58. The van der Waals surface area contributed by atoms with Gasteiger partial charge in [-0.2, -0.15) is 0 Å². The molecule has 2 fully saturated rings. The van der Waals surface area contributed by atoms with Gasteiger partial charge in [0.2, 0.25) is 0 Å². The molecule has 2 aliphatic carbocycles. The van der Waals surface area contributed by atoms with Gasteiger partial charge in [0.1, 0.15) is 5.75 Å². The Morgan fingerprint density at radius 3 is 3.25 bits per heavy atom. The first kappa shape index (κ1) is 6.00. The van der Waals surface area contributed by atoms with Gasteiger partial charge < -0.3 is 9.64 Å². The third-order valence-electron chi connectivity index (χ3n) is 4.74. The summed E-state index contributed by atoms with van der Waals surface area (Å²) < 4.78 is 93.0. The lowest BCUT2D eigenvalue weighted by atomic mass is 9.52. The normalized spacial score (nSPS) is 54.6. The number of nitrogens with zero attached hydrogens (tertiary/aromatic N) is 1. The van der Waals surface area contributed by atoms with Gasteiger partial charge in [0, 0.05) is 21.0 Å². The molecule has 0 aromatic heterocycles. The van der Waals surface area contributed by atoms with E-state index in [9.17, 15) is 1.37 Å². The van der Waals surface area contributed by atoms with E-state index < -0.39 is 48.7 Å². The molecule has 1 heterocycles. The Balaban J connectivity index is 2.29. The zero-order valence-corrected chi connectivity index (χ0v) is 11.8. The summed E-state index contributed by atoms with van der Waals surface area (Å²) in [4.78, 5) is 0.841. The second kappa shape index (κ2) is 4.49. The first-order chi connectivity index (χ1) is 13.7. The summed E-state index contributed by atoms with van der Waals surface area (Å²) in [6, 6.07) is -3.60. The molecule has 3 aliphatic rings. The fourth-order valence-corrected chi connectivity index (χ4v) is 3.75. The highest BCUT2D eigenvalue weighted by Gasteiger charge is 2.53. The number of rotatable bonds is 1. The predicted molar refractivity (Wildman–Crippen MR) is 81.4 cm³/mol. The minimum atomic E-state index is -2.70. The fourth-order valence-electron chi connectivity index (χ4n) is 3.75. The number of benzene rings is 1. The molecule has 4 rings (SSSR count). The van der Waals surface area contributed by atoms with Gasteiger partial charge in [-0.15, -0.1) is 0 Å². The zero-order valence-electron chi connectivity index (χ0n) is 21.8. The summed E-state index contributed by atoms with van der Waals surface area (Å²) in [5.74, 6) is -1.18. The van der Waals surface area contributed by atoms with Crippen molar-refractivity contribution in [3.8, 4) is 5.75 Å². The number of methoxy groups -OCH3 is 1. The highest BCUT2D eigenvalue weighted by molar-refractivity contribution is 5.45. The quantitative estimate of drug-likeness (QED) is 0.782. The molecule has 108 valence electrons. The SMILES string of the molecule is [2H]c1c([2H])c2c(c([2H])c1OC)[C@]13CCCCC1[C@@]([2H])(N(C)C([2H])([2H])C3([2H])[2H])C2([2H])[2H]. The van der Waals surface area contributed by atoms with Crippen LogP contribution in [0, 0.1) is 5.92 Å². The molecule has 3 atom stereocenters. The van der Waals surface area contributed by atoms with Crippen LogP contribution < -0.4 is 4.74 Å². The number of fused-ring (bicyclic) bond motifs is 1. The maximum absolute atomic E-state index is 9.29. The third kappa shape index (κ3) is 1.60. The molecule has 20 heavy (non-hydrogen) atoms. The van der Waals surface area contributed by atoms with Gasteiger partial charge in [-0.25, -0.2) is 0 Å². The summed E-state index contributed by atoms with van der Waals surface area (Å²) >= 11 is 0. The van der Waals surface area contributed by atoms with E-state index in [2.05, 4.69) is 0 Å². The van der Waals surface area contributed by atoms with E-state index >= 15 is 0 Å². The monoisotopic (exact) mass is 281 g/mol. The van der Waals surface area contributed by atoms with Crippen molar-refractivity contribution in [3.63, 3.8) is 0 Å². The molecule has 2 bridgehead atoms. The van der Waals surface area contributed by atoms with Gasteiger partial charge in [0.15, 0.2) is 0 Å². The highest BCUT2D eigenvalue weighted by Crippen LogP contribution is 2.55. The Kier molecular flexibility index (Phi) is 1.35. The van der Waals surface area contributed by atoms with E-state index in [1.165, 1.54) is 14.2 Å². The molecule has 1 saturated carbocycles. The fraction of sp³-hybridized carbons (Fsp3) is 0.667. The number of ether oxygens (including phenoxy) is 1. The van der Waals surface area contributed by atoms with Gasteiger partial charge in [0.05, 0.1) is 11.2 Å². The van der Waals surface area contributed by atoms with Crippen molar-refractivity contribution in [2.45, 2.75) is 49.9 Å². The van der Waals surface area contributed by atoms with Crippen LogP contribution in [0.15, 0.2) is 18.1 Å². The van der Waals surface area contributed by atoms with Crippen molar-refractivity contribution < 1.29 is 18.4 Å². The lowest BCUT2D eigenvalue weighted by Gasteiger charge is -2.58. The zero-order chi connectivity index (χ0) is 22.7. The molecule has 0 radical (unpaired) electrons. The summed E-state index contributed by atoms with van der Waals surface area (Å²) in [5.41, 5.74) is -2.13. The van der Waals surface area contributed by atoms with Gasteiger partial charge in [0.25, 0.3) is 0 Å². The van der Waals surface area contributed by atoms with Crippen LogP contribution in [-0.2, 0) is 11.8 Å². The molecule has 1 unspecified atom stereocenters. The molecule has 1 aromatic carbocycles.